The number of aromatic hydroxyl groups is 1. The van der Waals surface area contributed by atoms with Gasteiger partial charge in [0.2, 0.25) is 0 Å². The van der Waals surface area contributed by atoms with Crippen LogP contribution >= 0.6 is 0 Å². The van der Waals surface area contributed by atoms with Crippen molar-refractivity contribution in [2.45, 2.75) is 39.5 Å². The van der Waals surface area contributed by atoms with Gasteiger partial charge in [0.05, 0.1) is 14.2 Å². The number of hydrogen-bond donors (Lipinski definition) is 1. The van der Waals surface area contributed by atoms with Gasteiger partial charge in [-0.3, -0.25) is 0 Å². The lowest BCUT2D eigenvalue weighted by molar-refractivity contribution is 0.349. The Morgan fingerprint density at radius 3 is 2.32 bits per heavy atom. The molecule has 3 heteroatoms. The van der Waals surface area contributed by atoms with Gasteiger partial charge in [0.25, 0.3) is 0 Å². The van der Waals surface area contributed by atoms with Crippen LogP contribution in [0.2, 0.25) is 0 Å². The Balaban J connectivity index is 2.90. The van der Waals surface area contributed by atoms with Crippen molar-refractivity contribution >= 4 is 0 Å². The van der Waals surface area contributed by atoms with Gasteiger partial charge in [0, 0.05) is 11.6 Å². The lowest BCUT2D eigenvalue weighted by Gasteiger charge is -2.16. The van der Waals surface area contributed by atoms with Crippen molar-refractivity contribution in [2.75, 3.05) is 14.2 Å². The van der Waals surface area contributed by atoms with E-state index in [0.717, 1.165) is 18.4 Å². The van der Waals surface area contributed by atoms with E-state index < -0.39 is 0 Å². The smallest absolute Gasteiger partial charge is 0.164 e. The molecule has 1 aromatic carbocycles. The minimum Gasteiger partial charge on any atom is -0.508 e. The van der Waals surface area contributed by atoms with E-state index in [4.69, 9.17) is 9.47 Å². The van der Waals surface area contributed by atoms with E-state index in [1.807, 2.05) is 6.07 Å². The first-order valence-electron chi connectivity index (χ1n) is 6.57. The van der Waals surface area contributed by atoms with Crippen LogP contribution in [-0.2, 0) is 0 Å². The largest absolute Gasteiger partial charge is 0.508 e. The zero-order valence-corrected chi connectivity index (χ0v) is 12.5. The Morgan fingerprint density at radius 1 is 1.21 bits per heavy atom. The molecule has 0 aliphatic heterocycles. The molecule has 0 fully saturated rings. The predicted octanol–water partition coefficient (Wildman–Crippen LogP) is 4.26. The summed E-state index contributed by atoms with van der Waals surface area (Å²) in [6.45, 7) is 6.30. The summed E-state index contributed by atoms with van der Waals surface area (Å²) in [7, 11) is 3.17. The van der Waals surface area contributed by atoms with Crippen molar-refractivity contribution in [1.29, 1.82) is 0 Å². The Kier molecular flexibility index (Phi) is 5.74. The van der Waals surface area contributed by atoms with Gasteiger partial charge < -0.3 is 14.6 Å². The maximum absolute atomic E-state index is 10.1. The van der Waals surface area contributed by atoms with E-state index in [1.54, 1.807) is 20.3 Å². The van der Waals surface area contributed by atoms with Crippen LogP contribution in [0.4, 0.5) is 0 Å². The molecular formula is C16H24O3. The molecule has 0 aliphatic carbocycles. The zero-order chi connectivity index (χ0) is 14.4. The molecule has 19 heavy (non-hydrogen) atoms. The lowest BCUT2D eigenvalue weighted by atomic mass is 9.94. The summed E-state index contributed by atoms with van der Waals surface area (Å²) < 4.78 is 10.4. The highest BCUT2D eigenvalue weighted by atomic mass is 16.5. The van der Waals surface area contributed by atoms with Crippen LogP contribution < -0.4 is 9.47 Å². The highest BCUT2D eigenvalue weighted by molar-refractivity contribution is 5.51. The summed E-state index contributed by atoms with van der Waals surface area (Å²) in [5.41, 5.74) is 2.23. The molecular weight excluding hydrogens is 240 g/mol. The van der Waals surface area contributed by atoms with Gasteiger partial charge >= 0.3 is 0 Å². The maximum atomic E-state index is 10.1. The van der Waals surface area contributed by atoms with Crippen molar-refractivity contribution < 1.29 is 14.6 Å². The quantitative estimate of drug-likeness (QED) is 0.780. The molecule has 0 saturated heterocycles. The average Bonchev–Trinajstić information content (AvgIpc) is 2.37. The number of rotatable bonds is 6. The topological polar surface area (TPSA) is 38.7 Å². The van der Waals surface area contributed by atoms with Crippen molar-refractivity contribution in [3.63, 3.8) is 0 Å². The van der Waals surface area contributed by atoms with Gasteiger partial charge in [-0.25, -0.2) is 0 Å². The fraction of sp³-hybridized carbons (Fsp3) is 0.500. The van der Waals surface area contributed by atoms with Gasteiger partial charge in [-0.1, -0.05) is 18.6 Å². The molecule has 106 valence electrons. The molecule has 1 N–H and O–H groups in total. The normalized spacial score (nSPS) is 11.8. The van der Waals surface area contributed by atoms with E-state index in [1.165, 1.54) is 5.57 Å². The highest BCUT2D eigenvalue weighted by Crippen LogP contribution is 2.38. The Hall–Kier alpha value is -1.64. The second kappa shape index (κ2) is 7.07. The van der Waals surface area contributed by atoms with E-state index in [0.29, 0.717) is 11.5 Å². The Bertz CT molecular complexity index is 446. The second-order valence-corrected chi connectivity index (χ2v) is 5.03. The number of benzene rings is 1. The third-order valence-corrected chi connectivity index (χ3v) is 3.22. The molecule has 0 aromatic heterocycles. The molecule has 1 aromatic rings. The molecule has 0 spiro atoms. The van der Waals surface area contributed by atoms with Gasteiger partial charge in [-0.2, -0.15) is 0 Å². The SMILES string of the molecule is COc1cc(O)c(C(C)CCC=C(C)C)cc1OC. The van der Waals surface area contributed by atoms with Crippen molar-refractivity contribution in [2.24, 2.45) is 0 Å². The van der Waals surface area contributed by atoms with Crippen molar-refractivity contribution in [3.8, 4) is 17.2 Å². The van der Waals surface area contributed by atoms with Crippen LogP contribution in [0.15, 0.2) is 23.8 Å². The number of phenols is 1. The van der Waals surface area contributed by atoms with Crippen LogP contribution in [0.5, 0.6) is 17.2 Å². The lowest BCUT2D eigenvalue weighted by Crippen LogP contribution is -1.97. The number of ether oxygens (including phenoxy) is 2. The first-order chi connectivity index (χ1) is 8.99. The van der Waals surface area contributed by atoms with Crippen LogP contribution in [0.3, 0.4) is 0 Å². The summed E-state index contributed by atoms with van der Waals surface area (Å²) in [5.74, 6) is 1.75. The highest BCUT2D eigenvalue weighted by Gasteiger charge is 2.15. The number of allylic oxidation sites excluding steroid dienone is 2. The number of phenolic OH excluding ortho intramolecular Hbond substituents is 1. The summed E-state index contributed by atoms with van der Waals surface area (Å²) in [6, 6.07) is 3.48. The Labute approximate surface area is 115 Å². The number of hydrogen-bond acceptors (Lipinski definition) is 3. The van der Waals surface area contributed by atoms with E-state index >= 15 is 0 Å². The van der Waals surface area contributed by atoms with Crippen LogP contribution in [0.1, 0.15) is 45.1 Å². The molecule has 0 aliphatic rings. The standard InChI is InChI=1S/C16H24O3/c1-11(2)7-6-8-12(3)13-9-15(18-4)16(19-5)10-14(13)17/h7,9-10,12,17H,6,8H2,1-5H3. The molecule has 0 saturated carbocycles. The third-order valence-electron chi connectivity index (χ3n) is 3.22. The van der Waals surface area contributed by atoms with Crippen LogP contribution in [0, 0.1) is 0 Å². The fourth-order valence-corrected chi connectivity index (χ4v) is 2.06. The summed E-state index contributed by atoms with van der Waals surface area (Å²) in [5, 5.41) is 10.1. The van der Waals surface area contributed by atoms with Gasteiger partial charge in [0.1, 0.15) is 5.75 Å². The molecule has 0 heterocycles. The van der Waals surface area contributed by atoms with Crippen molar-refractivity contribution in [3.05, 3.63) is 29.3 Å². The van der Waals surface area contributed by atoms with Gasteiger partial charge in [-0.15, -0.1) is 0 Å². The molecule has 0 bridgehead atoms. The Morgan fingerprint density at radius 2 is 1.79 bits per heavy atom. The molecule has 1 rings (SSSR count). The fourth-order valence-electron chi connectivity index (χ4n) is 2.06. The van der Waals surface area contributed by atoms with E-state index in [9.17, 15) is 5.11 Å². The van der Waals surface area contributed by atoms with E-state index in [-0.39, 0.29) is 11.7 Å². The van der Waals surface area contributed by atoms with Crippen molar-refractivity contribution in [1.82, 2.24) is 0 Å². The summed E-state index contributed by atoms with van der Waals surface area (Å²) in [6.07, 6.45) is 4.22. The number of methoxy groups -OCH3 is 2. The monoisotopic (exact) mass is 264 g/mol. The van der Waals surface area contributed by atoms with Gasteiger partial charge in [0.15, 0.2) is 11.5 Å². The molecule has 0 amide bonds. The first kappa shape index (κ1) is 15.4. The average molecular weight is 264 g/mol. The molecule has 3 nitrogen and oxygen atoms in total. The first-order valence-corrected chi connectivity index (χ1v) is 6.57. The van der Waals surface area contributed by atoms with E-state index in [2.05, 4.69) is 26.8 Å². The minimum absolute atomic E-state index is 0.266. The summed E-state index contributed by atoms with van der Waals surface area (Å²) in [4.78, 5) is 0. The minimum atomic E-state index is 0.266. The van der Waals surface area contributed by atoms with Crippen LogP contribution in [0.25, 0.3) is 0 Å². The molecule has 0 radical (unpaired) electrons. The zero-order valence-electron chi connectivity index (χ0n) is 12.5. The summed E-state index contributed by atoms with van der Waals surface area (Å²) >= 11 is 0. The molecule has 1 unspecified atom stereocenters. The second-order valence-electron chi connectivity index (χ2n) is 5.03. The van der Waals surface area contributed by atoms with Crippen LogP contribution in [-0.4, -0.2) is 19.3 Å². The third kappa shape index (κ3) is 4.19. The predicted molar refractivity (Wildman–Crippen MR) is 78.3 cm³/mol. The van der Waals surface area contributed by atoms with Gasteiger partial charge in [-0.05, 0) is 38.7 Å². The maximum Gasteiger partial charge on any atom is 0.164 e. The molecule has 1 atom stereocenters.